The Hall–Kier alpha value is -1.87. The summed E-state index contributed by atoms with van der Waals surface area (Å²) < 4.78 is 6.03. The summed E-state index contributed by atoms with van der Waals surface area (Å²) in [6, 6.07) is 14.5. The van der Waals surface area contributed by atoms with Crippen molar-refractivity contribution in [2.24, 2.45) is 4.99 Å². The molecule has 1 aliphatic heterocycles. The molecule has 6 nitrogen and oxygen atoms in total. The highest BCUT2D eigenvalue weighted by molar-refractivity contribution is 14.0. The van der Waals surface area contributed by atoms with E-state index in [1.807, 2.05) is 44.2 Å². The number of hydrogen-bond acceptors (Lipinski definition) is 4. The predicted molar refractivity (Wildman–Crippen MR) is 126 cm³/mol. The van der Waals surface area contributed by atoms with Crippen LogP contribution in [0.15, 0.2) is 47.5 Å². The molecule has 1 atom stereocenters. The first-order chi connectivity index (χ1) is 13.1. The van der Waals surface area contributed by atoms with Crippen molar-refractivity contribution in [3.05, 3.63) is 59.3 Å². The molecule has 0 spiro atoms. The standard InChI is InChI=1S/C21H29N5O.HI/c1-16-8-5-6-10-18(16)19-15-26(12-13-27-19)21(22-2)23-14-17-9-7-11-20(24-17)25(3)4;/h5-11,19H,12-15H2,1-4H3,(H,22,23);1H. The number of halogens is 1. The van der Waals surface area contributed by atoms with Crippen molar-refractivity contribution in [1.82, 2.24) is 15.2 Å². The molecule has 152 valence electrons. The molecule has 0 radical (unpaired) electrons. The van der Waals surface area contributed by atoms with Gasteiger partial charge in [-0.1, -0.05) is 30.3 Å². The van der Waals surface area contributed by atoms with E-state index in [0.717, 1.165) is 30.6 Å². The molecule has 1 aromatic carbocycles. The van der Waals surface area contributed by atoms with Crippen LogP contribution >= 0.6 is 24.0 Å². The zero-order valence-electron chi connectivity index (χ0n) is 17.1. The number of ether oxygens (including phenoxy) is 1. The molecule has 0 aliphatic carbocycles. The Kier molecular flexibility index (Phi) is 8.50. The number of benzene rings is 1. The van der Waals surface area contributed by atoms with Gasteiger partial charge in [0.2, 0.25) is 0 Å². The Morgan fingerprint density at radius 1 is 1.25 bits per heavy atom. The summed E-state index contributed by atoms with van der Waals surface area (Å²) in [6.07, 6.45) is 0.0636. The van der Waals surface area contributed by atoms with Gasteiger partial charge in [0, 0.05) is 27.7 Å². The molecule has 1 aromatic heterocycles. The third-order valence-corrected chi connectivity index (χ3v) is 4.79. The lowest BCUT2D eigenvalue weighted by molar-refractivity contribution is -0.00834. The maximum absolute atomic E-state index is 6.03. The van der Waals surface area contributed by atoms with E-state index in [1.54, 1.807) is 0 Å². The summed E-state index contributed by atoms with van der Waals surface area (Å²) in [5, 5.41) is 3.45. The van der Waals surface area contributed by atoms with Gasteiger partial charge in [0.15, 0.2) is 5.96 Å². The van der Waals surface area contributed by atoms with Crippen molar-refractivity contribution in [1.29, 1.82) is 0 Å². The van der Waals surface area contributed by atoms with Crippen LogP contribution in [0.2, 0.25) is 0 Å². The molecule has 1 unspecified atom stereocenters. The first-order valence-electron chi connectivity index (χ1n) is 9.34. The van der Waals surface area contributed by atoms with Crippen molar-refractivity contribution < 1.29 is 4.74 Å². The van der Waals surface area contributed by atoms with E-state index in [-0.39, 0.29) is 30.1 Å². The van der Waals surface area contributed by atoms with Gasteiger partial charge in [-0.25, -0.2) is 4.98 Å². The van der Waals surface area contributed by atoms with Gasteiger partial charge >= 0.3 is 0 Å². The fraction of sp³-hybridized carbons (Fsp3) is 0.429. The number of morpholine rings is 1. The highest BCUT2D eigenvalue weighted by Gasteiger charge is 2.25. The van der Waals surface area contributed by atoms with Crippen molar-refractivity contribution >= 4 is 35.8 Å². The topological polar surface area (TPSA) is 53.0 Å². The second kappa shape index (κ2) is 10.6. The van der Waals surface area contributed by atoms with Gasteiger partial charge in [0.25, 0.3) is 0 Å². The van der Waals surface area contributed by atoms with Gasteiger partial charge in [0.05, 0.1) is 25.4 Å². The molecular weight excluding hydrogens is 465 g/mol. The summed E-state index contributed by atoms with van der Waals surface area (Å²) >= 11 is 0. The Balaban J connectivity index is 0.00000280. The van der Waals surface area contributed by atoms with Crippen molar-refractivity contribution in [2.45, 2.75) is 19.6 Å². The summed E-state index contributed by atoms with van der Waals surface area (Å²) in [4.78, 5) is 13.4. The normalized spacial score (nSPS) is 17.1. The minimum Gasteiger partial charge on any atom is -0.370 e. The predicted octanol–water partition coefficient (Wildman–Crippen LogP) is 3.22. The molecule has 3 rings (SSSR count). The second-order valence-corrected chi connectivity index (χ2v) is 6.94. The number of aliphatic imine (C=N–C) groups is 1. The van der Waals surface area contributed by atoms with Crippen molar-refractivity contribution in [3.8, 4) is 0 Å². The van der Waals surface area contributed by atoms with Gasteiger partial charge in [-0.05, 0) is 30.2 Å². The van der Waals surface area contributed by atoms with Crippen LogP contribution in [0.25, 0.3) is 0 Å². The molecule has 2 aromatic rings. The van der Waals surface area contributed by atoms with Crippen LogP contribution in [0.4, 0.5) is 5.82 Å². The van der Waals surface area contributed by atoms with E-state index in [0.29, 0.717) is 13.2 Å². The van der Waals surface area contributed by atoms with E-state index in [2.05, 4.69) is 51.4 Å². The molecule has 1 aliphatic rings. The van der Waals surface area contributed by atoms with Crippen molar-refractivity contribution in [2.75, 3.05) is 45.7 Å². The number of nitrogens with one attached hydrogen (secondary N) is 1. The lowest BCUT2D eigenvalue weighted by Crippen LogP contribution is -2.48. The van der Waals surface area contributed by atoms with Crippen LogP contribution in [-0.4, -0.2) is 56.7 Å². The average molecular weight is 495 g/mol. The number of rotatable bonds is 4. The monoisotopic (exact) mass is 495 g/mol. The first-order valence-corrected chi connectivity index (χ1v) is 9.34. The second-order valence-electron chi connectivity index (χ2n) is 6.94. The maximum atomic E-state index is 6.03. The Morgan fingerprint density at radius 2 is 2.04 bits per heavy atom. The van der Waals surface area contributed by atoms with Crippen LogP contribution in [0.1, 0.15) is 22.9 Å². The van der Waals surface area contributed by atoms with E-state index < -0.39 is 0 Å². The lowest BCUT2D eigenvalue weighted by atomic mass is 10.0. The van der Waals surface area contributed by atoms with Gasteiger partial charge in [-0.2, -0.15) is 0 Å². The zero-order valence-corrected chi connectivity index (χ0v) is 19.4. The Bertz CT molecular complexity index is 796. The van der Waals surface area contributed by atoms with E-state index in [9.17, 15) is 0 Å². The summed E-state index contributed by atoms with van der Waals surface area (Å²) in [5.41, 5.74) is 3.50. The van der Waals surface area contributed by atoms with Gasteiger partial charge in [-0.15, -0.1) is 24.0 Å². The zero-order chi connectivity index (χ0) is 19.2. The smallest absolute Gasteiger partial charge is 0.194 e. The van der Waals surface area contributed by atoms with E-state index >= 15 is 0 Å². The number of guanidine groups is 1. The lowest BCUT2D eigenvalue weighted by Gasteiger charge is -2.35. The molecule has 2 heterocycles. The van der Waals surface area contributed by atoms with Crippen LogP contribution in [-0.2, 0) is 11.3 Å². The molecule has 1 saturated heterocycles. The van der Waals surface area contributed by atoms with E-state index in [1.165, 1.54) is 11.1 Å². The first kappa shape index (κ1) is 22.4. The van der Waals surface area contributed by atoms with Crippen LogP contribution < -0.4 is 10.2 Å². The highest BCUT2D eigenvalue weighted by Crippen LogP contribution is 2.25. The maximum Gasteiger partial charge on any atom is 0.194 e. The van der Waals surface area contributed by atoms with Crippen LogP contribution in [0, 0.1) is 6.92 Å². The fourth-order valence-electron chi connectivity index (χ4n) is 3.29. The average Bonchev–Trinajstić information content (AvgIpc) is 2.69. The molecule has 1 N–H and O–H groups in total. The van der Waals surface area contributed by atoms with Gasteiger partial charge in [0.1, 0.15) is 11.9 Å². The Labute approximate surface area is 185 Å². The van der Waals surface area contributed by atoms with E-state index in [4.69, 9.17) is 4.74 Å². The molecule has 0 bridgehead atoms. The summed E-state index contributed by atoms with van der Waals surface area (Å²) in [5.74, 6) is 1.84. The van der Waals surface area contributed by atoms with Crippen LogP contribution in [0.3, 0.4) is 0 Å². The molecule has 0 amide bonds. The van der Waals surface area contributed by atoms with Crippen LogP contribution in [0.5, 0.6) is 0 Å². The largest absolute Gasteiger partial charge is 0.370 e. The van der Waals surface area contributed by atoms with Crippen molar-refractivity contribution in [3.63, 3.8) is 0 Å². The SMILES string of the molecule is CN=C(NCc1cccc(N(C)C)n1)N1CCOC(c2ccccc2C)C1.I. The molecule has 1 fully saturated rings. The summed E-state index contributed by atoms with van der Waals surface area (Å²) in [7, 11) is 5.82. The Morgan fingerprint density at radius 3 is 2.75 bits per heavy atom. The van der Waals surface area contributed by atoms with Gasteiger partial charge < -0.3 is 19.9 Å². The number of anilines is 1. The number of hydrogen-bond donors (Lipinski definition) is 1. The third-order valence-electron chi connectivity index (χ3n) is 4.79. The minimum atomic E-state index is 0. The quantitative estimate of drug-likeness (QED) is 0.401. The highest BCUT2D eigenvalue weighted by atomic mass is 127. The fourth-order valence-corrected chi connectivity index (χ4v) is 3.29. The molecule has 28 heavy (non-hydrogen) atoms. The summed E-state index contributed by atoms with van der Waals surface area (Å²) in [6.45, 7) is 5.08. The molecular formula is C21H30IN5O. The molecule has 0 saturated carbocycles. The number of aryl methyl sites for hydroxylation is 1. The minimum absolute atomic E-state index is 0. The number of aromatic nitrogens is 1. The molecule has 7 heteroatoms. The van der Waals surface area contributed by atoms with Gasteiger partial charge in [-0.3, -0.25) is 4.99 Å². The number of pyridine rings is 1. The number of nitrogens with zero attached hydrogens (tertiary/aromatic N) is 4. The third kappa shape index (κ3) is 5.57.